The Kier molecular flexibility index (Phi) is 9.99. The molecule has 0 aromatic heterocycles. The average Bonchev–Trinajstić information content (AvgIpc) is 2.56. The molecule has 0 aliphatic heterocycles. The molecule has 0 spiro atoms. The van der Waals surface area contributed by atoms with E-state index in [1.165, 1.54) is 96.3 Å². The minimum Gasteiger partial charge on any atom is -0.378 e. The van der Waals surface area contributed by atoms with Crippen LogP contribution in [0.5, 0.6) is 0 Å². The lowest BCUT2D eigenvalue weighted by atomic mass is 9.70. The molecule has 0 bridgehead atoms. The molecule has 0 amide bonds. The quantitative estimate of drug-likeness (QED) is 0.341. The van der Waals surface area contributed by atoms with E-state index in [1.807, 2.05) is 0 Å². The van der Waals surface area contributed by atoms with Crippen LogP contribution in [0.3, 0.4) is 0 Å². The number of hydrogen-bond acceptors (Lipinski definition) is 2. The maximum absolute atomic E-state index is 6.18. The topological polar surface area (TPSA) is 9.23 Å². The van der Waals surface area contributed by atoms with E-state index in [0.717, 1.165) is 24.2 Å². The average molecular weight is 327 g/mol. The molecule has 2 heteroatoms. The maximum atomic E-state index is 6.18. The third kappa shape index (κ3) is 7.25. The van der Waals surface area contributed by atoms with E-state index < -0.39 is 0 Å². The summed E-state index contributed by atoms with van der Waals surface area (Å²) in [5, 5.41) is 0. The van der Waals surface area contributed by atoms with Crippen LogP contribution in [-0.2, 0) is 4.74 Å². The van der Waals surface area contributed by atoms with Crippen molar-refractivity contribution in [2.45, 2.75) is 102 Å². The van der Waals surface area contributed by atoms with Crippen LogP contribution in [0.4, 0.5) is 0 Å². The molecule has 3 atom stereocenters. The lowest BCUT2D eigenvalue weighted by molar-refractivity contribution is -0.0141. The fraction of sp³-hybridized carbons (Fsp3) is 1.00. The van der Waals surface area contributed by atoms with Crippen molar-refractivity contribution in [2.75, 3.05) is 12.4 Å². The zero-order valence-electron chi connectivity index (χ0n) is 14.6. The summed E-state index contributed by atoms with van der Waals surface area (Å²) in [7, 11) is 0. The van der Waals surface area contributed by atoms with Gasteiger partial charge in [0.15, 0.2) is 0 Å². The monoisotopic (exact) mass is 326 g/mol. The number of rotatable bonds is 11. The first-order valence-electron chi connectivity index (χ1n) is 10.1. The zero-order chi connectivity index (χ0) is 15.5. The van der Waals surface area contributed by atoms with E-state index >= 15 is 0 Å². The summed E-state index contributed by atoms with van der Waals surface area (Å²) in [6.07, 6.45) is 21.7. The van der Waals surface area contributed by atoms with Crippen molar-refractivity contribution < 1.29 is 4.74 Å². The van der Waals surface area contributed by atoms with E-state index in [0.29, 0.717) is 6.10 Å². The summed E-state index contributed by atoms with van der Waals surface area (Å²) in [6.45, 7) is 1.02. The van der Waals surface area contributed by atoms with Crippen LogP contribution in [0.15, 0.2) is 0 Å². The van der Waals surface area contributed by atoms with E-state index in [-0.39, 0.29) is 0 Å². The van der Waals surface area contributed by atoms with Gasteiger partial charge < -0.3 is 4.74 Å². The number of thiol groups is 1. The minimum absolute atomic E-state index is 0.598. The van der Waals surface area contributed by atoms with Gasteiger partial charge in [0.2, 0.25) is 0 Å². The van der Waals surface area contributed by atoms with Crippen LogP contribution in [0.2, 0.25) is 0 Å². The molecule has 130 valence electrons. The van der Waals surface area contributed by atoms with Crippen molar-refractivity contribution in [1.82, 2.24) is 0 Å². The van der Waals surface area contributed by atoms with Gasteiger partial charge in [-0.25, -0.2) is 0 Å². The Morgan fingerprint density at radius 3 is 2.05 bits per heavy atom. The molecule has 2 aliphatic rings. The van der Waals surface area contributed by atoms with Gasteiger partial charge in [-0.1, -0.05) is 64.2 Å². The van der Waals surface area contributed by atoms with Crippen LogP contribution in [0.25, 0.3) is 0 Å². The van der Waals surface area contributed by atoms with Crippen LogP contribution in [0.1, 0.15) is 96.3 Å². The number of unbranched alkanes of at least 4 members (excludes halogenated alkanes) is 7. The highest BCUT2D eigenvalue weighted by Crippen LogP contribution is 2.41. The highest BCUT2D eigenvalue weighted by atomic mass is 32.1. The molecular formula is C20H38OS. The van der Waals surface area contributed by atoms with E-state index in [9.17, 15) is 0 Å². The summed E-state index contributed by atoms with van der Waals surface area (Å²) in [4.78, 5) is 0. The van der Waals surface area contributed by atoms with Gasteiger partial charge in [-0.15, -0.1) is 0 Å². The number of hydrogen-bond donors (Lipinski definition) is 1. The largest absolute Gasteiger partial charge is 0.378 e. The van der Waals surface area contributed by atoms with Gasteiger partial charge in [0.1, 0.15) is 0 Å². The van der Waals surface area contributed by atoms with Crippen molar-refractivity contribution in [3.8, 4) is 0 Å². The predicted molar refractivity (Wildman–Crippen MR) is 99.8 cm³/mol. The van der Waals surface area contributed by atoms with Crippen molar-refractivity contribution in [1.29, 1.82) is 0 Å². The molecule has 0 heterocycles. The Bertz CT molecular complexity index is 268. The molecule has 3 unspecified atom stereocenters. The summed E-state index contributed by atoms with van der Waals surface area (Å²) in [5.41, 5.74) is 0. The normalized spacial score (nSPS) is 28.5. The highest BCUT2D eigenvalue weighted by molar-refractivity contribution is 7.80. The van der Waals surface area contributed by atoms with Crippen LogP contribution in [0, 0.1) is 11.8 Å². The van der Waals surface area contributed by atoms with Crippen molar-refractivity contribution in [3.63, 3.8) is 0 Å². The Morgan fingerprint density at radius 2 is 1.32 bits per heavy atom. The number of fused-ring (bicyclic) bond motifs is 1. The Balaban J connectivity index is 1.39. The first-order chi connectivity index (χ1) is 10.9. The van der Waals surface area contributed by atoms with Crippen molar-refractivity contribution in [3.05, 3.63) is 0 Å². The molecule has 0 aromatic carbocycles. The third-order valence-electron chi connectivity index (χ3n) is 5.90. The second-order valence-electron chi connectivity index (χ2n) is 7.66. The molecule has 0 aromatic rings. The fourth-order valence-corrected chi connectivity index (χ4v) is 4.73. The smallest absolute Gasteiger partial charge is 0.0578 e. The molecule has 0 N–H and O–H groups in total. The fourth-order valence-electron chi connectivity index (χ4n) is 4.51. The Hall–Kier alpha value is 0.310. The second-order valence-corrected chi connectivity index (χ2v) is 8.11. The molecule has 2 saturated carbocycles. The van der Waals surface area contributed by atoms with E-state index in [2.05, 4.69) is 12.6 Å². The third-order valence-corrected chi connectivity index (χ3v) is 6.21. The maximum Gasteiger partial charge on any atom is 0.0578 e. The van der Waals surface area contributed by atoms with Crippen LogP contribution < -0.4 is 0 Å². The molecular weight excluding hydrogens is 288 g/mol. The van der Waals surface area contributed by atoms with E-state index in [4.69, 9.17) is 4.74 Å². The molecule has 2 fully saturated rings. The molecule has 2 aliphatic carbocycles. The van der Waals surface area contributed by atoms with Crippen molar-refractivity contribution >= 4 is 12.6 Å². The molecule has 22 heavy (non-hydrogen) atoms. The van der Waals surface area contributed by atoms with Gasteiger partial charge in [0, 0.05) is 6.61 Å². The Labute approximate surface area is 144 Å². The zero-order valence-corrected chi connectivity index (χ0v) is 15.5. The molecule has 2 rings (SSSR count). The van der Waals surface area contributed by atoms with Gasteiger partial charge >= 0.3 is 0 Å². The second kappa shape index (κ2) is 11.8. The van der Waals surface area contributed by atoms with Gasteiger partial charge in [-0.05, 0) is 49.7 Å². The van der Waals surface area contributed by atoms with Gasteiger partial charge in [0.25, 0.3) is 0 Å². The lowest BCUT2D eigenvalue weighted by Crippen LogP contribution is -2.31. The molecule has 0 saturated heterocycles. The summed E-state index contributed by atoms with van der Waals surface area (Å²) in [6, 6.07) is 0. The van der Waals surface area contributed by atoms with Crippen LogP contribution in [-0.4, -0.2) is 18.5 Å². The standard InChI is InChI=1S/C20H38OS/c22-16-10-6-4-2-1-3-5-9-15-21-20-14-13-18-11-7-8-12-19(18)17-20/h18-20,22H,1-17H2. The van der Waals surface area contributed by atoms with Gasteiger partial charge in [-0.2, -0.15) is 12.6 Å². The van der Waals surface area contributed by atoms with Crippen LogP contribution >= 0.6 is 12.6 Å². The molecule has 1 nitrogen and oxygen atoms in total. The predicted octanol–water partition coefficient (Wildman–Crippen LogP) is 6.41. The molecule has 0 radical (unpaired) electrons. The Morgan fingerprint density at radius 1 is 0.682 bits per heavy atom. The summed E-state index contributed by atoms with van der Waals surface area (Å²) >= 11 is 4.26. The first kappa shape index (κ1) is 18.6. The minimum atomic E-state index is 0.598. The van der Waals surface area contributed by atoms with Crippen molar-refractivity contribution in [2.24, 2.45) is 11.8 Å². The SMILES string of the molecule is SCCCCCCCCCCOC1CCC2CCCCC2C1. The number of ether oxygens (including phenoxy) is 1. The van der Waals surface area contributed by atoms with E-state index in [1.54, 1.807) is 0 Å². The summed E-state index contributed by atoms with van der Waals surface area (Å²) < 4.78 is 6.18. The van der Waals surface area contributed by atoms with Gasteiger partial charge in [-0.3, -0.25) is 0 Å². The first-order valence-corrected chi connectivity index (χ1v) is 10.8. The lowest BCUT2D eigenvalue weighted by Gasteiger charge is -2.39. The highest BCUT2D eigenvalue weighted by Gasteiger charge is 2.32. The van der Waals surface area contributed by atoms with Gasteiger partial charge in [0.05, 0.1) is 6.10 Å². The summed E-state index contributed by atoms with van der Waals surface area (Å²) in [5.74, 6) is 3.11.